The predicted octanol–water partition coefficient (Wildman–Crippen LogP) is 4.40. The average molecular weight is 556 g/mol. The van der Waals surface area contributed by atoms with Gasteiger partial charge in [0, 0.05) is 11.0 Å². The number of amides is 1. The Hall–Kier alpha value is -3.27. The van der Waals surface area contributed by atoms with Crippen molar-refractivity contribution < 1.29 is 17.9 Å². The number of carbonyl (C=O) groups excluding carboxylic acids is 1. The standard InChI is InChI=1S/C26H26BrN3O4S/c1-2-17-34-24-10-6-9-22(18-24)19-28-29-26(31)20-30(16-15-21-7-4-3-5-8-21)35(32,33)25-13-11-23(27)12-14-25/h2-14,18-19H,1,15-17,20H2,(H,29,31)/b28-19-. The fourth-order valence-electron chi connectivity index (χ4n) is 3.15. The van der Waals surface area contributed by atoms with E-state index in [1.54, 1.807) is 42.5 Å². The van der Waals surface area contributed by atoms with E-state index in [1.807, 2.05) is 30.3 Å². The monoisotopic (exact) mass is 555 g/mol. The molecule has 0 unspecified atom stereocenters. The Bertz CT molecular complexity index is 1260. The Morgan fingerprint density at radius 2 is 1.80 bits per heavy atom. The van der Waals surface area contributed by atoms with Crippen LogP contribution >= 0.6 is 15.9 Å². The summed E-state index contributed by atoms with van der Waals surface area (Å²) in [4.78, 5) is 12.7. The first kappa shape index (κ1) is 26.3. The van der Waals surface area contributed by atoms with Crippen LogP contribution in [0.2, 0.25) is 0 Å². The maximum Gasteiger partial charge on any atom is 0.255 e. The Morgan fingerprint density at radius 1 is 1.06 bits per heavy atom. The maximum absolute atomic E-state index is 13.3. The molecule has 0 saturated carbocycles. The number of nitrogens with one attached hydrogen (secondary N) is 1. The lowest BCUT2D eigenvalue weighted by Crippen LogP contribution is -2.40. The number of ether oxygens (including phenoxy) is 1. The van der Waals surface area contributed by atoms with Crippen LogP contribution in [0.3, 0.4) is 0 Å². The molecule has 7 nitrogen and oxygen atoms in total. The van der Waals surface area contributed by atoms with Crippen LogP contribution in [0.25, 0.3) is 0 Å². The van der Waals surface area contributed by atoms with Gasteiger partial charge in [0.1, 0.15) is 12.4 Å². The zero-order valence-corrected chi connectivity index (χ0v) is 21.4. The Labute approximate surface area is 214 Å². The summed E-state index contributed by atoms with van der Waals surface area (Å²) >= 11 is 3.31. The van der Waals surface area contributed by atoms with Crippen molar-refractivity contribution in [3.05, 3.63) is 107 Å². The van der Waals surface area contributed by atoms with Crippen LogP contribution in [-0.2, 0) is 21.2 Å². The van der Waals surface area contributed by atoms with Crippen LogP contribution in [0.4, 0.5) is 0 Å². The number of rotatable bonds is 12. The van der Waals surface area contributed by atoms with E-state index in [1.165, 1.54) is 18.3 Å². The lowest BCUT2D eigenvalue weighted by Gasteiger charge is -2.21. The molecule has 1 amide bonds. The van der Waals surface area contributed by atoms with E-state index in [0.717, 1.165) is 19.9 Å². The molecule has 0 fully saturated rings. The van der Waals surface area contributed by atoms with Crippen LogP contribution in [0.5, 0.6) is 5.75 Å². The minimum atomic E-state index is -3.90. The molecule has 0 saturated heterocycles. The van der Waals surface area contributed by atoms with Gasteiger partial charge in [-0.1, -0.05) is 71.0 Å². The van der Waals surface area contributed by atoms with Crippen molar-refractivity contribution in [3.63, 3.8) is 0 Å². The topological polar surface area (TPSA) is 88.1 Å². The molecular formula is C26H26BrN3O4S. The molecule has 0 aliphatic rings. The largest absolute Gasteiger partial charge is 0.490 e. The Kier molecular flexibility index (Phi) is 9.77. The predicted molar refractivity (Wildman–Crippen MR) is 141 cm³/mol. The van der Waals surface area contributed by atoms with Crippen LogP contribution in [0.1, 0.15) is 11.1 Å². The Morgan fingerprint density at radius 3 is 2.51 bits per heavy atom. The van der Waals surface area contributed by atoms with Gasteiger partial charge in [-0.05, 0) is 53.9 Å². The summed E-state index contributed by atoms with van der Waals surface area (Å²) in [5.41, 5.74) is 4.11. The van der Waals surface area contributed by atoms with Crippen molar-refractivity contribution in [2.24, 2.45) is 5.10 Å². The lowest BCUT2D eigenvalue weighted by molar-refractivity contribution is -0.121. The normalized spacial score (nSPS) is 11.5. The number of hydrogen-bond donors (Lipinski definition) is 1. The molecule has 3 rings (SSSR count). The first-order valence-corrected chi connectivity index (χ1v) is 13.1. The smallest absolute Gasteiger partial charge is 0.255 e. The second kappa shape index (κ2) is 13.0. The van der Waals surface area contributed by atoms with Gasteiger partial charge in [-0.15, -0.1) is 0 Å². The van der Waals surface area contributed by atoms with E-state index in [-0.39, 0.29) is 18.0 Å². The highest BCUT2D eigenvalue weighted by Crippen LogP contribution is 2.19. The van der Waals surface area contributed by atoms with E-state index in [9.17, 15) is 13.2 Å². The quantitative estimate of drug-likeness (QED) is 0.204. The number of carbonyl (C=O) groups is 1. The van der Waals surface area contributed by atoms with Crippen LogP contribution in [-0.4, -0.2) is 44.5 Å². The van der Waals surface area contributed by atoms with Crippen LogP contribution in [0.15, 0.2) is 106 Å². The van der Waals surface area contributed by atoms with Crippen LogP contribution < -0.4 is 10.2 Å². The molecule has 0 spiro atoms. The summed E-state index contributed by atoms with van der Waals surface area (Å²) in [6.45, 7) is 3.76. The van der Waals surface area contributed by atoms with Crippen molar-refractivity contribution in [2.45, 2.75) is 11.3 Å². The zero-order valence-electron chi connectivity index (χ0n) is 19.0. The molecule has 35 heavy (non-hydrogen) atoms. The summed E-state index contributed by atoms with van der Waals surface area (Å²) in [6, 6.07) is 23.0. The molecule has 0 aliphatic heterocycles. The fourth-order valence-corrected chi connectivity index (χ4v) is 4.81. The van der Waals surface area contributed by atoms with Gasteiger partial charge in [0.25, 0.3) is 5.91 Å². The van der Waals surface area contributed by atoms with Gasteiger partial charge in [0.2, 0.25) is 10.0 Å². The van der Waals surface area contributed by atoms with Crippen molar-refractivity contribution in [1.82, 2.24) is 9.73 Å². The van der Waals surface area contributed by atoms with Gasteiger partial charge in [-0.25, -0.2) is 13.8 Å². The number of hydrazone groups is 1. The van der Waals surface area contributed by atoms with Crippen molar-refractivity contribution >= 4 is 38.1 Å². The number of hydrogen-bond acceptors (Lipinski definition) is 5. The average Bonchev–Trinajstić information content (AvgIpc) is 2.86. The van der Waals surface area contributed by atoms with Crippen LogP contribution in [0, 0.1) is 0 Å². The van der Waals surface area contributed by atoms with E-state index in [4.69, 9.17) is 4.74 Å². The molecule has 0 aliphatic carbocycles. The van der Waals surface area contributed by atoms with E-state index >= 15 is 0 Å². The molecule has 0 heterocycles. The molecule has 0 aromatic heterocycles. The van der Waals surface area contributed by atoms with Gasteiger partial charge in [0.05, 0.1) is 17.7 Å². The summed E-state index contributed by atoms with van der Waals surface area (Å²) < 4.78 is 34.0. The number of nitrogens with zero attached hydrogens (tertiary/aromatic N) is 2. The van der Waals surface area contributed by atoms with Crippen molar-refractivity contribution in [1.29, 1.82) is 0 Å². The number of halogens is 1. The summed E-state index contributed by atoms with van der Waals surface area (Å²) in [6.07, 6.45) is 3.58. The van der Waals surface area contributed by atoms with Gasteiger partial charge >= 0.3 is 0 Å². The van der Waals surface area contributed by atoms with Gasteiger partial charge in [0.15, 0.2) is 0 Å². The highest BCUT2D eigenvalue weighted by molar-refractivity contribution is 9.10. The molecule has 0 atom stereocenters. The number of benzene rings is 3. The third-order valence-corrected chi connectivity index (χ3v) is 7.28. The molecule has 0 bridgehead atoms. The maximum atomic E-state index is 13.3. The van der Waals surface area contributed by atoms with Crippen molar-refractivity contribution in [2.75, 3.05) is 19.7 Å². The summed E-state index contributed by atoms with van der Waals surface area (Å²) in [5.74, 6) is 0.0990. The zero-order chi connectivity index (χ0) is 25.1. The van der Waals surface area contributed by atoms with E-state index in [2.05, 4.69) is 33.0 Å². The Balaban J connectivity index is 1.70. The minimum Gasteiger partial charge on any atom is -0.490 e. The van der Waals surface area contributed by atoms with Gasteiger partial charge in [-0.2, -0.15) is 9.41 Å². The molecule has 1 N–H and O–H groups in total. The molecule has 3 aromatic carbocycles. The molecule has 0 radical (unpaired) electrons. The highest BCUT2D eigenvalue weighted by Gasteiger charge is 2.26. The first-order chi connectivity index (χ1) is 16.9. The first-order valence-electron chi connectivity index (χ1n) is 10.8. The molecular weight excluding hydrogens is 530 g/mol. The van der Waals surface area contributed by atoms with Crippen molar-refractivity contribution in [3.8, 4) is 5.75 Å². The van der Waals surface area contributed by atoms with E-state index in [0.29, 0.717) is 18.8 Å². The summed E-state index contributed by atoms with van der Waals surface area (Å²) in [7, 11) is -3.90. The second-order valence-electron chi connectivity index (χ2n) is 7.49. The third kappa shape index (κ3) is 8.17. The third-order valence-electron chi connectivity index (χ3n) is 4.89. The fraction of sp³-hybridized carbons (Fsp3) is 0.154. The molecule has 182 valence electrons. The molecule has 9 heteroatoms. The minimum absolute atomic E-state index is 0.112. The van der Waals surface area contributed by atoms with Gasteiger partial charge in [-0.3, -0.25) is 4.79 Å². The lowest BCUT2D eigenvalue weighted by atomic mass is 10.1. The molecule has 3 aromatic rings. The SMILES string of the molecule is C=CCOc1cccc(/C=N\NC(=O)CN(CCc2ccccc2)S(=O)(=O)c2ccc(Br)cc2)c1. The van der Waals surface area contributed by atoms with Gasteiger partial charge < -0.3 is 4.74 Å². The summed E-state index contributed by atoms with van der Waals surface area (Å²) in [5, 5.41) is 3.97. The number of sulfonamides is 1. The highest BCUT2D eigenvalue weighted by atomic mass is 79.9. The second-order valence-corrected chi connectivity index (χ2v) is 10.3. The van der Waals surface area contributed by atoms with E-state index < -0.39 is 15.9 Å².